The predicted molar refractivity (Wildman–Crippen MR) is 226 cm³/mol. The zero-order valence-corrected chi connectivity index (χ0v) is 37.4. The molecule has 16 nitrogen and oxygen atoms in total. The first-order valence-corrected chi connectivity index (χ1v) is 21.6. The molecule has 3 aliphatic heterocycles. The Labute approximate surface area is 374 Å². The van der Waals surface area contributed by atoms with Crippen molar-refractivity contribution in [1.82, 2.24) is 34.3 Å². The minimum atomic E-state index is -4.65. The number of fused-ring (bicyclic) bond motifs is 3. The van der Waals surface area contributed by atoms with Gasteiger partial charge in [-0.25, -0.2) is 19.6 Å². The average molecular weight is 920 g/mol. The molecule has 2 aromatic heterocycles. The molecule has 8 rings (SSSR count). The molecule has 65 heavy (non-hydrogen) atoms. The van der Waals surface area contributed by atoms with Crippen LogP contribution in [-0.2, 0) is 40.4 Å². The van der Waals surface area contributed by atoms with Gasteiger partial charge < -0.3 is 43.3 Å². The molecule has 0 saturated carbocycles. The van der Waals surface area contributed by atoms with Crippen LogP contribution in [0.2, 0.25) is 0 Å². The molecule has 21 heteroatoms. The van der Waals surface area contributed by atoms with Gasteiger partial charge in [-0.05, 0) is 42.0 Å². The molecule has 3 radical (unpaired) electrons. The molecule has 3 saturated heterocycles. The third-order valence-electron chi connectivity index (χ3n) is 12.4. The largest absolute Gasteiger partial charge is 0.453 e. The highest BCUT2D eigenvalue weighted by atomic mass is 28.2. The van der Waals surface area contributed by atoms with Gasteiger partial charge in [-0.15, -0.1) is 0 Å². The fraction of sp³-hybridized carbons (Fsp3) is 0.477. The summed E-state index contributed by atoms with van der Waals surface area (Å²) < 4.78 is 87.5. The number of halogens is 4. The number of H-pyrrole nitrogens is 2. The van der Waals surface area contributed by atoms with Crippen molar-refractivity contribution in [2.45, 2.75) is 82.7 Å². The molecule has 4 amide bonds. The van der Waals surface area contributed by atoms with E-state index in [0.29, 0.717) is 25.2 Å². The number of aromatic nitrogens is 4. The molecule has 2 aromatic carbocycles. The van der Waals surface area contributed by atoms with Gasteiger partial charge in [0.15, 0.2) is 16.2 Å². The van der Waals surface area contributed by atoms with Crippen molar-refractivity contribution in [1.29, 1.82) is 0 Å². The maximum absolute atomic E-state index is 16.3. The van der Waals surface area contributed by atoms with Crippen molar-refractivity contribution in [2.24, 2.45) is 16.8 Å². The number of amides is 4. The minimum absolute atomic E-state index is 0.0164. The lowest BCUT2D eigenvalue weighted by molar-refractivity contribution is -0.225. The van der Waals surface area contributed by atoms with E-state index in [1.165, 1.54) is 42.6 Å². The maximum atomic E-state index is 16.3. The van der Waals surface area contributed by atoms with Gasteiger partial charge in [0.05, 0.1) is 69.8 Å². The number of hydrogen-bond acceptors (Lipinski definition) is 10. The lowest BCUT2D eigenvalue weighted by atomic mass is 9.79. The number of carbonyl (C=O) groups is 4. The normalized spacial score (nSPS) is 21.2. The number of nitrogens with one attached hydrogen (secondary N) is 2. The van der Waals surface area contributed by atoms with Crippen molar-refractivity contribution in [3.8, 4) is 33.6 Å². The molecule has 3 fully saturated rings. The third kappa shape index (κ3) is 7.89. The number of nitrogens with zero attached hydrogens (tertiary/aromatic N) is 6. The molecule has 0 unspecified atom stereocenters. The Bertz CT molecular complexity index is 2560. The van der Waals surface area contributed by atoms with Gasteiger partial charge >= 0.3 is 24.0 Å². The number of likely N-dealkylation sites (tertiary alicyclic amines) is 2. The first-order chi connectivity index (χ1) is 30.8. The molecule has 2 N–H and O–H groups in total. The molecule has 3 atom stereocenters. The van der Waals surface area contributed by atoms with Gasteiger partial charge in [0.1, 0.15) is 23.4 Å². The summed E-state index contributed by atoms with van der Waals surface area (Å²) in [6, 6.07) is 5.64. The van der Waals surface area contributed by atoms with E-state index in [4.69, 9.17) is 14.2 Å². The van der Waals surface area contributed by atoms with E-state index in [-0.39, 0.29) is 83.2 Å². The number of ether oxygens (including phenoxy) is 4. The number of rotatable bonds is 9. The molecule has 4 aromatic rings. The zero-order chi connectivity index (χ0) is 46.7. The number of benzene rings is 2. The highest BCUT2D eigenvalue weighted by Crippen LogP contribution is 2.59. The number of imidazole rings is 2. The number of methoxy groups -OCH3 is 2. The highest BCUT2D eigenvalue weighted by molar-refractivity contribution is 6.40. The van der Waals surface area contributed by atoms with Gasteiger partial charge in [0.2, 0.25) is 5.91 Å². The number of carbonyl (C=O) groups excluding carboxylic acids is 4. The molecule has 1 aliphatic carbocycles. The van der Waals surface area contributed by atoms with Crippen LogP contribution in [0.1, 0.15) is 81.8 Å². The van der Waals surface area contributed by atoms with E-state index in [2.05, 4.69) is 40.1 Å². The molecule has 343 valence electrons. The van der Waals surface area contributed by atoms with Crippen molar-refractivity contribution in [3.05, 3.63) is 71.6 Å². The first-order valence-electron chi connectivity index (χ1n) is 21.1. The van der Waals surface area contributed by atoms with Crippen molar-refractivity contribution in [2.75, 3.05) is 40.5 Å². The third-order valence-corrected chi connectivity index (χ3v) is 12.9. The highest BCUT2D eigenvalue weighted by Gasteiger charge is 2.63. The van der Waals surface area contributed by atoms with Crippen molar-refractivity contribution in [3.63, 3.8) is 0 Å². The smallest absolute Gasteiger partial charge is 0.433 e. The summed E-state index contributed by atoms with van der Waals surface area (Å²) in [5, 5.41) is 0. The van der Waals surface area contributed by atoms with Gasteiger partial charge in [0, 0.05) is 41.1 Å². The topological polar surface area (TPSA) is 185 Å². The van der Waals surface area contributed by atoms with Crippen LogP contribution in [0, 0.1) is 11.8 Å². The van der Waals surface area contributed by atoms with Gasteiger partial charge in [0.25, 0.3) is 5.91 Å². The van der Waals surface area contributed by atoms with E-state index in [1.54, 1.807) is 38.7 Å². The van der Waals surface area contributed by atoms with Crippen molar-refractivity contribution >= 4 is 40.1 Å². The zero-order valence-electron chi connectivity index (χ0n) is 36.4. The van der Waals surface area contributed by atoms with E-state index in [9.17, 15) is 19.2 Å². The Morgan fingerprint density at radius 2 is 1.40 bits per heavy atom. The molecule has 0 bridgehead atoms. The summed E-state index contributed by atoms with van der Waals surface area (Å²) >= 11 is 0. The molecular formula is C44H47F4N8O8Si. The lowest BCUT2D eigenvalue weighted by Gasteiger charge is -2.35. The SMILES string of the molecule is COC(=O)N=C(C(=O)N1CC2(C[C@H]1c1ncc(-c3ccc4c(c3)C(F)(F)C(F)(F)c3cc(-c5cnc([C@@H]6CCCN6C(=O)[C@H](C(C)C)N([Si])C(=O)OC)[nH]5)ccc3-4)[nH]1)OCCO2)C(C)C. The molecular weight excluding hydrogens is 873 g/mol. The standard InChI is InChI=1S/C44H47F4N8O8Si/c1-22(2)34(53-40(59)61-5)38(57)55-21-42(63-14-15-64-42)18-33(55)37-50-20-31(52-37)25-10-12-27-26-11-9-24(16-28(26)43(45,46)44(47,48)29(27)17-25)30-19-49-36(51-30)32-8-7-13-54(32)39(58)35(23(3)4)56(65)41(60)62-6/h9-12,16-17,19-20,22-23,32-33,35H,7-8,13-15,18,21H2,1-6H3,(H,49,51)(H,50,52)/t32-,33-,35-/m0/s1. The Morgan fingerprint density at radius 1 is 0.846 bits per heavy atom. The molecule has 4 aliphatic rings. The van der Waals surface area contributed by atoms with Crippen LogP contribution in [0.3, 0.4) is 0 Å². The second-order valence-electron chi connectivity index (χ2n) is 17.1. The Hall–Kier alpha value is -5.93. The van der Waals surface area contributed by atoms with Gasteiger partial charge in [-0.3, -0.25) is 9.59 Å². The van der Waals surface area contributed by atoms with Crippen LogP contribution >= 0.6 is 0 Å². The van der Waals surface area contributed by atoms with Crippen molar-refractivity contribution < 1.29 is 55.7 Å². The second kappa shape index (κ2) is 17.1. The van der Waals surface area contributed by atoms with E-state index >= 15 is 17.6 Å². The fourth-order valence-electron chi connectivity index (χ4n) is 9.16. The summed E-state index contributed by atoms with van der Waals surface area (Å²) in [6.07, 6.45) is 2.41. The summed E-state index contributed by atoms with van der Waals surface area (Å²) in [6.45, 7) is 7.92. The van der Waals surface area contributed by atoms with Gasteiger partial charge in [-0.2, -0.15) is 22.6 Å². The summed E-state index contributed by atoms with van der Waals surface area (Å²) in [5.74, 6) is -11.5. The van der Waals surface area contributed by atoms with Crippen LogP contribution in [0.15, 0.2) is 53.8 Å². The van der Waals surface area contributed by atoms with Gasteiger partial charge in [-0.1, -0.05) is 52.0 Å². The number of aliphatic imine (C=N–C) groups is 1. The van der Waals surface area contributed by atoms with Crippen LogP contribution in [0.25, 0.3) is 33.6 Å². The Balaban J connectivity index is 1.07. The van der Waals surface area contributed by atoms with E-state index < -0.39 is 70.9 Å². The maximum Gasteiger partial charge on any atom is 0.433 e. The molecule has 5 heterocycles. The first kappa shape index (κ1) is 45.6. The Morgan fingerprint density at radius 3 is 1.91 bits per heavy atom. The average Bonchev–Trinajstić information content (AvgIpc) is 4.15. The van der Waals surface area contributed by atoms with E-state index in [1.807, 2.05) is 0 Å². The van der Waals surface area contributed by atoms with Crippen LogP contribution in [0.5, 0.6) is 0 Å². The Kier molecular flexibility index (Phi) is 12.0. The van der Waals surface area contributed by atoms with Crippen LogP contribution in [-0.4, -0.2) is 127 Å². The number of alkyl halides is 4. The second-order valence-corrected chi connectivity index (χ2v) is 17.6. The number of hydrogen-bond donors (Lipinski definition) is 2. The minimum Gasteiger partial charge on any atom is -0.453 e. The number of aromatic amines is 2. The van der Waals surface area contributed by atoms with E-state index in [0.717, 1.165) is 23.8 Å². The summed E-state index contributed by atoms with van der Waals surface area (Å²) in [7, 11) is 5.59. The van der Waals surface area contributed by atoms with Crippen LogP contribution in [0.4, 0.5) is 27.2 Å². The summed E-state index contributed by atoms with van der Waals surface area (Å²) in [5.41, 5.74) is -1.14. The fourth-order valence-corrected chi connectivity index (χ4v) is 9.66. The lowest BCUT2D eigenvalue weighted by Crippen LogP contribution is -2.52. The molecule has 1 spiro atoms. The van der Waals surface area contributed by atoms with Crippen LogP contribution < -0.4 is 0 Å². The summed E-state index contributed by atoms with van der Waals surface area (Å²) in [4.78, 5) is 74.3. The quantitative estimate of drug-likeness (QED) is 0.100. The monoisotopic (exact) mass is 919 g/mol. The predicted octanol–water partition coefficient (Wildman–Crippen LogP) is 7.05.